The van der Waals surface area contributed by atoms with Crippen LogP contribution in [-0.2, 0) is 16.6 Å². The molecule has 0 saturated heterocycles. The Morgan fingerprint density at radius 3 is 2.71 bits per heavy atom. The quantitative estimate of drug-likeness (QED) is 0.871. The van der Waals surface area contributed by atoms with Crippen LogP contribution in [0.5, 0.6) is 0 Å². The number of aryl methyl sites for hydroxylation is 1. The number of halogens is 2. The Morgan fingerprint density at radius 1 is 1.33 bits per heavy atom. The molecule has 0 amide bonds. The minimum absolute atomic E-state index is 0.143. The average molecular weight is 349 g/mol. The van der Waals surface area contributed by atoms with Crippen molar-refractivity contribution in [2.45, 2.75) is 17.7 Å². The molecular weight excluding hydrogens is 335 g/mol. The molecule has 114 valence electrons. The van der Waals surface area contributed by atoms with Gasteiger partial charge in [0.2, 0.25) is 0 Å². The molecule has 0 radical (unpaired) electrons. The Bertz CT molecular complexity index is 760. The van der Waals surface area contributed by atoms with Crippen LogP contribution in [0.4, 0.5) is 10.1 Å². The fraction of sp³-hybridized carbons (Fsp3) is 0.231. The summed E-state index contributed by atoms with van der Waals surface area (Å²) in [5.41, 5.74) is 0.713. The van der Waals surface area contributed by atoms with E-state index in [1.54, 1.807) is 13.1 Å². The van der Waals surface area contributed by atoms with Gasteiger partial charge in [-0.05, 0) is 43.8 Å². The van der Waals surface area contributed by atoms with E-state index in [2.05, 4.69) is 10.0 Å². The van der Waals surface area contributed by atoms with Crippen LogP contribution in [0.2, 0.25) is 5.02 Å². The molecule has 1 aromatic carbocycles. The molecule has 0 unspecified atom stereocenters. The Labute approximate surface area is 132 Å². The number of hydrogen-bond acceptors (Lipinski definition) is 4. The molecule has 2 aromatic rings. The molecule has 8 heteroatoms. The van der Waals surface area contributed by atoms with Crippen LogP contribution >= 0.6 is 22.9 Å². The number of hydrogen-bond donors (Lipinski definition) is 2. The molecule has 0 aliphatic carbocycles. The van der Waals surface area contributed by atoms with E-state index in [0.717, 1.165) is 27.8 Å². The van der Waals surface area contributed by atoms with Crippen molar-refractivity contribution in [3.8, 4) is 0 Å². The number of benzene rings is 1. The van der Waals surface area contributed by atoms with Crippen LogP contribution in [-0.4, -0.2) is 15.5 Å². The topological polar surface area (TPSA) is 58.2 Å². The zero-order valence-corrected chi connectivity index (χ0v) is 13.8. The zero-order valence-electron chi connectivity index (χ0n) is 11.4. The number of anilines is 1. The summed E-state index contributed by atoms with van der Waals surface area (Å²) in [6.45, 7) is 2.42. The summed E-state index contributed by atoms with van der Waals surface area (Å²) in [5, 5.41) is 3.23. The molecule has 0 spiro atoms. The normalized spacial score (nSPS) is 11.6. The van der Waals surface area contributed by atoms with Gasteiger partial charge in [-0.25, -0.2) is 12.8 Å². The Hall–Kier alpha value is -1.15. The lowest BCUT2D eigenvalue weighted by Gasteiger charge is -2.07. The third kappa shape index (κ3) is 3.74. The SMILES string of the molecule is CNCc1sc(S(=O)(=O)Nc2cc(Cl)ccc2F)cc1C. The highest BCUT2D eigenvalue weighted by atomic mass is 35.5. The molecule has 0 aliphatic rings. The second-order valence-corrected chi connectivity index (χ2v) is 7.91. The van der Waals surface area contributed by atoms with Crippen molar-refractivity contribution in [2.75, 3.05) is 11.8 Å². The summed E-state index contributed by atoms with van der Waals surface area (Å²) in [6.07, 6.45) is 0. The second-order valence-electron chi connectivity index (χ2n) is 4.43. The maximum absolute atomic E-state index is 13.6. The fourth-order valence-electron chi connectivity index (χ4n) is 1.73. The zero-order chi connectivity index (χ0) is 15.6. The third-order valence-corrected chi connectivity index (χ3v) is 6.08. The van der Waals surface area contributed by atoms with Gasteiger partial charge in [0.15, 0.2) is 0 Å². The monoisotopic (exact) mass is 348 g/mol. The summed E-state index contributed by atoms with van der Waals surface area (Å²) in [7, 11) is -2.05. The molecule has 4 nitrogen and oxygen atoms in total. The van der Waals surface area contributed by atoms with Gasteiger partial charge in [-0.1, -0.05) is 11.6 Å². The number of sulfonamides is 1. The van der Waals surface area contributed by atoms with Crippen LogP contribution in [0, 0.1) is 12.7 Å². The molecule has 0 aliphatic heterocycles. The van der Waals surface area contributed by atoms with Crippen molar-refractivity contribution in [3.63, 3.8) is 0 Å². The molecule has 1 aromatic heterocycles. The van der Waals surface area contributed by atoms with Gasteiger partial charge >= 0.3 is 0 Å². The number of rotatable bonds is 5. The highest BCUT2D eigenvalue weighted by Crippen LogP contribution is 2.29. The summed E-state index contributed by atoms with van der Waals surface area (Å²) in [4.78, 5) is 0.921. The molecular formula is C13H14ClFN2O2S2. The van der Waals surface area contributed by atoms with Gasteiger partial charge < -0.3 is 5.32 Å². The first-order valence-electron chi connectivity index (χ1n) is 6.05. The van der Waals surface area contributed by atoms with Crippen molar-refractivity contribution in [2.24, 2.45) is 0 Å². The first-order valence-corrected chi connectivity index (χ1v) is 8.73. The van der Waals surface area contributed by atoms with Crippen LogP contribution in [0.1, 0.15) is 10.4 Å². The molecule has 2 rings (SSSR count). The van der Waals surface area contributed by atoms with E-state index in [-0.39, 0.29) is 14.9 Å². The second kappa shape index (κ2) is 6.31. The van der Waals surface area contributed by atoms with Crippen molar-refractivity contribution < 1.29 is 12.8 Å². The van der Waals surface area contributed by atoms with Crippen LogP contribution in [0.15, 0.2) is 28.5 Å². The van der Waals surface area contributed by atoms with Gasteiger partial charge in [0.25, 0.3) is 10.0 Å². The minimum atomic E-state index is -3.83. The predicted octanol–water partition coefficient (Wildman–Crippen LogP) is 3.37. The van der Waals surface area contributed by atoms with Gasteiger partial charge in [-0.15, -0.1) is 11.3 Å². The van der Waals surface area contributed by atoms with Crippen molar-refractivity contribution in [1.29, 1.82) is 0 Å². The summed E-state index contributed by atoms with van der Waals surface area (Å²) in [6, 6.07) is 5.28. The highest BCUT2D eigenvalue weighted by molar-refractivity contribution is 7.94. The fourth-order valence-corrected chi connectivity index (χ4v) is 4.56. The van der Waals surface area contributed by atoms with E-state index >= 15 is 0 Å². The summed E-state index contributed by atoms with van der Waals surface area (Å²) in [5.74, 6) is -0.674. The first-order chi connectivity index (χ1) is 9.83. The van der Waals surface area contributed by atoms with Gasteiger partial charge in [0.05, 0.1) is 5.69 Å². The van der Waals surface area contributed by atoms with E-state index in [1.165, 1.54) is 12.1 Å². The summed E-state index contributed by atoms with van der Waals surface area (Å²) >= 11 is 6.91. The third-order valence-electron chi connectivity index (χ3n) is 2.77. The molecule has 0 atom stereocenters. The molecule has 0 bridgehead atoms. The lowest BCUT2D eigenvalue weighted by molar-refractivity contribution is 0.600. The smallest absolute Gasteiger partial charge is 0.271 e. The van der Waals surface area contributed by atoms with E-state index in [9.17, 15) is 12.8 Å². The Balaban J connectivity index is 2.34. The van der Waals surface area contributed by atoms with Gasteiger partial charge in [0.1, 0.15) is 10.0 Å². The van der Waals surface area contributed by atoms with E-state index in [1.807, 2.05) is 6.92 Å². The van der Waals surface area contributed by atoms with Gasteiger partial charge in [-0.2, -0.15) is 0 Å². The van der Waals surface area contributed by atoms with E-state index in [0.29, 0.717) is 6.54 Å². The van der Waals surface area contributed by atoms with Crippen molar-refractivity contribution in [1.82, 2.24) is 5.32 Å². The average Bonchev–Trinajstić information content (AvgIpc) is 2.77. The molecule has 0 fully saturated rings. The summed E-state index contributed by atoms with van der Waals surface area (Å²) < 4.78 is 40.6. The lowest BCUT2D eigenvalue weighted by atomic mass is 10.3. The van der Waals surface area contributed by atoms with Gasteiger partial charge in [0, 0.05) is 16.4 Å². The molecule has 0 saturated carbocycles. The lowest BCUT2D eigenvalue weighted by Crippen LogP contribution is -2.12. The highest BCUT2D eigenvalue weighted by Gasteiger charge is 2.20. The Morgan fingerprint density at radius 2 is 2.05 bits per heavy atom. The first kappa shape index (κ1) is 16.2. The standard InChI is InChI=1S/C13H14ClFN2O2S2/c1-8-5-13(20-12(8)7-16-2)21(18,19)17-11-6-9(14)3-4-10(11)15/h3-6,16-17H,7H2,1-2H3. The van der Waals surface area contributed by atoms with Crippen LogP contribution in [0.3, 0.4) is 0 Å². The largest absolute Gasteiger partial charge is 0.315 e. The molecule has 2 N–H and O–H groups in total. The maximum Gasteiger partial charge on any atom is 0.271 e. The molecule has 21 heavy (non-hydrogen) atoms. The van der Waals surface area contributed by atoms with Crippen LogP contribution in [0.25, 0.3) is 0 Å². The number of nitrogens with one attached hydrogen (secondary N) is 2. The van der Waals surface area contributed by atoms with E-state index < -0.39 is 15.8 Å². The Kier molecular flexibility index (Phi) is 4.88. The van der Waals surface area contributed by atoms with Crippen LogP contribution < -0.4 is 10.0 Å². The maximum atomic E-state index is 13.6. The predicted molar refractivity (Wildman–Crippen MR) is 84.0 cm³/mol. The minimum Gasteiger partial charge on any atom is -0.315 e. The van der Waals surface area contributed by atoms with Crippen molar-refractivity contribution in [3.05, 3.63) is 45.5 Å². The molecule has 1 heterocycles. The van der Waals surface area contributed by atoms with E-state index in [4.69, 9.17) is 11.6 Å². The van der Waals surface area contributed by atoms with Gasteiger partial charge in [-0.3, -0.25) is 4.72 Å². The number of thiophene rings is 1. The van der Waals surface area contributed by atoms with Crippen molar-refractivity contribution >= 4 is 38.6 Å².